The molecule has 2 aromatic rings. The van der Waals surface area contributed by atoms with Crippen molar-refractivity contribution >= 4 is 23.9 Å². The molecule has 186 valence electrons. The average Bonchev–Trinajstić information content (AvgIpc) is 3.16. The Morgan fingerprint density at radius 3 is 2.03 bits per heavy atom. The quantitative estimate of drug-likeness (QED) is 0.412. The van der Waals surface area contributed by atoms with Crippen LogP contribution in [0.15, 0.2) is 48.5 Å². The number of ether oxygens (including phenoxy) is 1. The molecule has 0 bridgehead atoms. The largest absolute Gasteiger partial charge is 0.481 e. The Labute approximate surface area is 204 Å². The molecule has 3 amide bonds. The van der Waals surface area contributed by atoms with Gasteiger partial charge in [0.15, 0.2) is 0 Å². The van der Waals surface area contributed by atoms with E-state index >= 15 is 0 Å². The van der Waals surface area contributed by atoms with Crippen molar-refractivity contribution in [3.63, 3.8) is 0 Å². The number of hydrogen-bond donors (Lipinski definition) is 4. The van der Waals surface area contributed by atoms with Crippen LogP contribution in [-0.2, 0) is 19.1 Å². The minimum Gasteiger partial charge on any atom is -0.481 e. The standard InChI is InChI=1S/C26H31N3O6/c1-15(2)23(24(31)28-13-22(30)27-12-16(3)25(32)33)29-26(34)35-14-21-19-10-6-4-8-17(19)18-9-5-7-11-20(18)21/h4-11,15-16,21,23H,12-14H2,1-3H3,(H,27,30)(H,28,31)(H,29,34)(H,32,33)/t16?,23-/m0/s1. The first-order valence-corrected chi connectivity index (χ1v) is 11.6. The van der Waals surface area contributed by atoms with Gasteiger partial charge in [0.2, 0.25) is 11.8 Å². The monoisotopic (exact) mass is 481 g/mol. The topological polar surface area (TPSA) is 134 Å². The van der Waals surface area contributed by atoms with Crippen LogP contribution in [0.1, 0.15) is 37.8 Å². The van der Waals surface area contributed by atoms with Gasteiger partial charge in [-0.1, -0.05) is 69.3 Å². The number of carbonyl (C=O) groups is 4. The highest BCUT2D eigenvalue weighted by Gasteiger charge is 2.30. The Bertz CT molecular complexity index is 1050. The minimum absolute atomic E-state index is 0.0460. The van der Waals surface area contributed by atoms with Crippen LogP contribution >= 0.6 is 0 Å². The van der Waals surface area contributed by atoms with Crippen molar-refractivity contribution in [3.05, 3.63) is 59.7 Å². The fraction of sp³-hybridized carbons (Fsp3) is 0.385. The molecule has 1 aliphatic rings. The number of alkyl carbamates (subject to hydrolysis) is 1. The fourth-order valence-corrected chi connectivity index (χ4v) is 4.00. The van der Waals surface area contributed by atoms with Crippen LogP contribution in [0.5, 0.6) is 0 Å². The van der Waals surface area contributed by atoms with E-state index in [-0.39, 0.29) is 31.5 Å². The summed E-state index contributed by atoms with van der Waals surface area (Å²) < 4.78 is 5.52. The highest BCUT2D eigenvalue weighted by Crippen LogP contribution is 2.44. The van der Waals surface area contributed by atoms with Gasteiger partial charge < -0.3 is 25.8 Å². The van der Waals surface area contributed by atoms with Gasteiger partial charge in [-0.05, 0) is 28.2 Å². The van der Waals surface area contributed by atoms with E-state index in [0.717, 1.165) is 22.3 Å². The zero-order valence-corrected chi connectivity index (χ0v) is 20.0. The van der Waals surface area contributed by atoms with Crippen molar-refractivity contribution < 1.29 is 29.0 Å². The third-order valence-corrected chi connectivity index (χ3v) is 6.02. The van der Waals surface area contributed by atoms with Crippen LogP contribution < -0.4 is 16.0 Å². The summed E-state index contributed by atoms with van der Waals surface area (Å²) >= 11 is 0. The fourth-order valence-electron chi connectivity index (χ4n) is 4.00. The van der Waals surface area contributed by atoms with E-state index in [1.165, 1.54) is 6.92 Å². The SMILES string of the molecule is CC(CNC(=O)CNC(=O)[C@@H](NC(=O)OCC1c2ccccc2-c2ccccc21)C(C)C)C(=O)O. The van der Waals surface area contributed by atoms with Gasteiger partial charge in [0.05, 0.1) is 12.5 Å². The summed E-state index contributed by atoms with van der Waals surface area (Å²) in [5.41, 5.74) is 4.41. The highest BCUT2D eigenvalue weighted by atomic mass is 16.5. The summed E-state index contributed by atoms with van der Waals surface area (Å²) in [4.78, 5) is 47.9. The van der Waals surface area contributed by atoms with Crippen LogP contribution in [0.3, 0.4) is 0 Å². The third kappa shape index (κ3) is 6.38. The molecule has 0 aliphatic heterocycles. The molecule has 4 N–H and O–H groups in total. The predicted octanol–water partition coefficient (Wildman–Crippen LogP) is 2.50. The number of nitrogens with one attached hydrogen (secondary N) is 3. The molecule has 0 spiro atoms. The number of carbonyl (C=O) groups excluding carboxylic acids is 3. The van der Waals surface area contributed by atoms with Crippen molar-refractivity contribution in [3.8, 4) is 11.1 Å². The van der Waals surface area contributed by atoms with Crippen LogP contribution in [0.4, 0.5) is 4.79 Å². The Morgan fingerprint density at radius 2 is 1.49 bits per heavy atom. The van der Waals surface area contributed by atoms with Crippen LogP contribution in [-0.4, -0.2) is 54.7 Å². The van der Waals surface area contributed by atoms with Gasteiger partial charge in [-0.25, -0.2) is 4.79 Å². The van der Waals surface area contributed by atoms with Crippen molar-refractivity contribution in [2.45, 2.75) is 32.7 Å². The number of fused-ring (bicyclic) bond motifs is 3. The predicted molar refractivity (Wildman–Crippen MR) is 130 cm³/mol. The van der Waals surface area contributed by atoms with Crippen molar-refractivity contribution in [1.82, 2.24) is 16.0 Å². The Morgan fingerprint density at radius 1 is 0.914 bits per heavy atom. The van der Waals surface area contributed by atoms with Crippen molar-refractivity contribution in [2.24, 2.45) is 11.8 Å². The van der Waals surface area contributed by atoms with Crippen molar-refractivity contribution in [2.75, 3.05) is 19.7 Å². The van der Waals surface area contributed by atoms with Gasteiger partial charge in [-0.15, -0.1) is 0 Å². The number of hydrogen-bond acceptors (Lipinski definition) is 5. The molecule has 0 aromatic heterocycles. The Balaban J connectivity index is 1.53. The molecule has 0 saturated heterocycles. The lowest BCUT2D eigenvalue weighted by Crippen LogP contribution is -2.51. The molecule has 9 nitrogen and oxygen atoms in total. The first-order chi connectivity index (χ1) is 16.7. The molecule has 9 heteroatoms. The lowest BCUT2D eigenvalue weighted by molar-refractivity contribution is -0.141. The number of carboxylic acids is 1. The molecular formula is C26H31N3O6. The molecule has 1 aliphatic carbocycles. The van der Waals surface area contributed by atoms with E-state index in [1.807, 2.05) is 48.5 Å². The maximum atomic E-state index is 12.6. The summed E-state index contributed by atoms with van der Waals surface area (Å²) in [5.74, 6) is -3.18. The summed E-state index contributed by atoms with van der Waals surface area (Å²) in [6.45, 7) is 4.74. The van der Waals surface area contributed by atoms with Gasteiger partial charge in [-0.2, -0.15) is 0 Å². The first-order valence-electron chi connectivity index (χ1n) is 11.6. The molecule has 2 atom stereocenters. The van der Waals surface area contributed by atoms with E-state index < -0.39 is 35.8 Å². The van der Waals surface area contributed by atoms with Gasteiger partial charge in [0.1, 0.15) is 12.6 Å². The van der Waals surface area contributed by atoms with Crippen LogP contribution in [0.2, 0.25) is 0 Å². The Kier molecular flexibility index (Phi) is 8.46. The maximum absolute atomic E-state index is 12.6. The first kappa shape index (κ1) is 25.7. The van der Waals surface area contributed by atoms with E-state index in [2.05, 4.69) is 16.0 Å². The Hall–Kier alpha value is -3.88. The minimum atomic E-state index is -1.03. The molecule has 0 saturated carbocycles. The lowest BCUT2D eigenvalue weighted by Gasteiger charge is -2.22. The van der Waals surface area contributed by atoms with Crippen molar-refractivity contribution in [1.29, 1.82) is 0 Å². The second kappa shape index (κ2) is 11.5. The zero-order valence-electron chi connectivity index (χ0n) is 20.0. The highest BCUT2D eigenvalue weighted by molar-refractivity contribution is 5.89. The second-order valence-electron chi connectivity index (χ2n) is 8.95. The normalized spacial score (nSPS) is 13.8. The molecular weight excluding hydrogens is 450 g/mol. The zero-order chi connectivity index (χ0) is 25.5. The average molecular weight is 482 g/mol. The van der Waals surface area contributed by atoms with E-state index in [0.29, 0.717) is 0 Å². The smallest absolute Gasteiger partial charge is 0.407 e. The molecule has 3 rings (SSSR count). The number of benzene rings is 2. The number of aliphatic carboxylic acids is 1. The van der Waals surface area contributed by atoms with Gasteiger partial charge in [0, 0.05) is 12.5 Å². The molecule has 0 radical (unpaired) electrons. The number of carboxylic acid groups (broad SMARTS) is 1. The molecule has 0 heterocycles. The van der Waals surface area contributed by atoms with Crippen LogP contribution in [0.25, 0.3) is 11.1 Å². The van der Waals surface area contributed by atoms with E-state index in [9.17, 15) is 19.2 Å². The number of rotatable bonds is 10. The van der Waals surface area contributed by atoms with E-state index in [1.54, 1.807) is 13.8 Å². The second-order valence-corrected chi connectivity index (χ2v) is 8.95. The molecule has 0 fully saturated rings. The van der Waals surface area contributed by atoms with Gasteiger partial charge >= 0.3 is 12.1 Å². The molecule has 1 unspecified atom stereocenters. The summed E-state index contributed by atoms with van der Waals surface area (Å²) in [5, 5.41) is 16.4. The lowest BCUT2D eigenvalue weighted by atomic mass is 9.98. The summed E-state index contributed by atoms with van der Waals surface area (Å²) in [6.07, 6.45) is -0.722. The third-order valence-electron chi connectivity index (χ3n) is 6.02. The number of amides is 3. The maximum Gasteiger partial charge on any atom is 0.407 e. The molecule has 2 aromatic carbocycles. The summed E-state index contributed by atoms with van der Waals surface area (Å²) in [7, 11) is 0. The summed E-state index contributed by atoms with van der Waals surface area (Å²) in [6, 6.07) is 15.1. The van der Waals surface area contributed by atoms with Gasteiger partial charge in [0.25, 0.3) is 0 Å². The van der Waals surface area contributed by atoms with Gasteiger partial charge in [-0.3, -0.25) is 14.4 Å². The van der Waals surface area contributed by atoms with E-state index in [4.69, 9.17) is 9.84 Å². The van der Waals surface area contributed by atoms with Crippen LogP contribution in [0, 0.1) is 11.8 Å². The molecule has 35 heavy (non-hydrogen) atoms.